The highest BCUT2D eigenvalue weighted by Gasteiger charge is 2.49. The van der Waals surface area contributed by atoms with E-state index in [1.54, 1.807) is 0 Å². The first-order valence-electron chi connectivity index (χ1n) is 9.45. The van der Waals surface area contributed by atoms with Crippen LogP contribution in [0.3, 0.4) is 0 Å². The number of Topliss-reactive ketones (excluding diaryl/α,β-unsaturated/α-hetero) is 1. The van der Waals surface area contributed by atoms with E-state index in [4.69, 9.17) is 9.47 Å². The minimum absolute atomic E-state index is 0.304. The van der Waals surface area contributed by atoms with Gasteiger partial charge in [0, 0.05) is 32.6 Å². The molecule has 0 unspecified atom stereocenters. The second-order valence-electron chi connectivity index (χ2n) is 7.19. The summed E-state index contributed by atoms with van der Waals surface area (Å²) in [5.74, 6) is -3.19. The molecule has 2 aliphatic rings. The normalized spacial score (nSPS) is 23.7. The first-order chi connectivity index (χ1) is 14.5. The van der Waals surface area contributed by atoms with Crippen LogP contribution in [-0.2, 0) is 23.9 Å². The fourth-order valence-electron chi connectivity index (χ4n) is 4.32. The van der Waals surface area contributed by atoms with Crippen LogP contribution in [0.25, 0.3) is 0 Å². The molecule has 0 saturated heterocycles. The highest BCUT2D eigenvalue weighted by molar-refractivity contribution is 7.10. The van der Waals surface area contributed by atoms with E-state index in [1.807, 2.05) is 41.9 Å². The van der Waals surface area contributed by atoms with Crippen molar-refractivity contribution in [1.82, 2.24) is 5.32 Å². The fraction of sp³-hybridized carbons (Fsp3) is 0.318. The van der Waals surface area contributed by atoms with Gasteiger partial charge in [-0.3, -0.25) is 9.59 Å². The standard InChI is InChI=1S/C22H21NO5S2/c1-11-16(21(25)27-2)19(15-7-5-9-30-15)18-13(23-11)10-12(14-6-4-8-29-14)17(20(18)24)22(26)28-3/h4-9,12,17,19,23H,10H2,1-3H3/t12-,17-,19+/m1/s1. The number of allylic oxidation sites excluding steroid dienone is 3. The maximum Gasteiger partial charge on any atom is 0.336 e. The molecule has 0 fully saturated rings. The van der Waals surface area contributed by atoms with Crippen LogP contribution in [0, 0.1) is 5.92 Å². The van der Waals surface area contributed by atoms with Crippen molar-refractivity contribution in [2.45, 2.75) is 25.2 Å². The number of nitrogens with one attached hydrogen (secondary N) is 1. The van der Waals surface area contributed by atoms with Crippen LogP contribution >= 0.6 is 22.7 Å². The van der Waals surface area contributed by atoms with Gasteiger partial charge >= 0.3 is 11.9 Å². The lowest BCUT2D eigenvalue weighted by molar-refractivity contribution is -0.149. The fourth-order valence-corrected chi connectivity index (χ4v) is 6.03. The molecule has 1 N–H and O–H groups in total. The Morgan fingerprint density at radius 2 is 1.73 bits per heavy atom. The van der Waals surface area contributed by atoms with Crippen LogP contribution in [0.5, 0.6) is 0 Å². The molecule has 1 aliphatic heterocycles. The summed E-state index contributed by atoms with van der Waals surface area (Å²) in [4.78, 5) is 40.9. The minimum atomic E-state index is -0.950. The van der Waals surface area contributed by atoms with Gasteiger partial charge in [-0.15, -0.1) is 22.7 Å². The van der Waals surface area contributed by atoms with Crippen LogP contribution < -0.4 is 5.32 Å². The predicted molar refractivity (Wildman–Crippen MR) is 114 cm³/mol. The van der Waals surface area contributed by atoms with E-state index >= 15 is 0 Å². The molecule has 30 heavy (non-hydrogen) atoms. The molecule has 3 atom stereocenters. The average Bonchev–Trinajstić information content (AvgIpc) is 3.45. The summed E-state index contributed by atoms with van der Waals surface area (Å²) in [6.07, 6.45) is 0.481. The largest absolute Gasteiger partial charge is 0.468 e. The molecule has 2 aromatic rings. The molecule has 0 spiro atoms. The Hall–Kier alpha value is -2.71. The van der Waals surface area contributed by atoms with Crippen LogP contribution in [0.15, 0.2) is 57.6 Å². The average molecular weight is 444 g/mol. The van der Waals surface area contributed by atoms with Gasteiger partial charge in [0.2, 0.25) is 0 Å². The van der Waals surface area contributed by atoms with Gasteiger partial charge in [-0.05, 0) is 36.2 Å². The number of thiophene rings is 2. The van der Waals surface area contributed by atoms with Crippen molar-refractivity contribution in [3.8, 4) is 0 Å². The predicted octanol–water partition coefficient (Wildman–Crippen LogP) is 3.74. The van der Waals surface area contributed by atoms with Gasteiger partial charge in [0.25, 0.3) is 0 Å². The molecule has 0 aromatic carbocycles. The molecule has 156 valence electrons. The summed E-state index contributed by atoms with van der Waals surface area (Å²) in [5.41, 5.74) is 2.26. The number of carbonyl (C=O) groups is 3. The Labute approximate surface area is 182 Å². The number of rotatable bonds is 4. The van der Waals surface area contributed by atoms with E-state index < -0.39 is 23.8 Å². The Bertz CT molecular complexity index is 1050. The molecule has 8 heteroatoms. The quantitative estimate of drug-likeness (QED) is 0.573. The molecule has 0 bridgehead atoms. The number of carbonyl (C=O) groups excluding carboxylic acids is 3. The van der Waals surface area contributed by atoms with Crippen molar-refractivity contribution in [2.24, 2.45) is 5.92 Å². The van der Waals surface area contributed by atoms with Gasteiger partial charge in [-0.1, -0.05) is 12.1 Å². The molecule has 0 saturated carbocycles. The first-order valence-corrected chi connectivity index (χ1v) is 11.2. The molecule has 4 rings (SSSR count). The molecular formula is C22H21NO5S2. The summed E-state index contributed by atoms with van der Waals surface area (Å²) in [5, 5.41) is 7.11. The topological polar surface area (TPSA) is 81.7 Å². The van der Waals surface area contributed by atoms with Crippen LogP contribution in [0.4, 0.5) is 0 Å². The van der Waals surface area contributed by atoms with Gasteiger partial charge in [-0.2, -0.15) is 0 Å². The van der Waals surface area contributed by atoms with Crippen LogP contribution in [0.1, 0.15) is 34.9 Å². The van der Waals surface area contributed by atoms with Gasteiger partial charge in [0.05, 0.1) is 25.7 Å². The number of hydrogen-bond donors (Lipinski definition) is 1. The van der Waals surface area contributed by atoms with Crippen molar-refractivity contribution in [3.05, 3.63) is 67.3 Å². The Balaban J connectivity index is 1.88. The molecule has 6 nitrogen and oxygen atoms in total. The third-order valence-corrected chi connectivity index (χ3v) is 7.56. The van der Waals surface area contributed by atoms with E-state index in [0.717, 1.165) is 15.5 Å². The smallest absolute Gasteiger partial charge is 0.336 e. The van der Waals surface area contributed by atoms with E-state index in [1.165, 1.54) is 36.9 Å². The van der Waals surface area contributed by atoms with E-state index in [9.17, 15) is 14.4 Å². The first kappa shape index (κ1) is 20.6. The monoisotopic (exact) mass is 443 g/mol. The van der Waals surface area contributed by atoms with Crippen molar-refractivity contribution in [1.29, 1.82) is 0 Å². The van der Waals surface area contributed by atoms with Crippen molar-refractivity contribution in [2.75, 3.05) is 14.2 Å². The Morgan fingerprint density at radius 3 is 2.30 bits per heavy atom. The third-order valence-electron chi connectivity index (χ3n) is 5.62. The summed E-state index contributed by atoms with van der Waals surface area (Å²) in [7, 11) is 2.62. The molecule has 3 heterocycles. The second kappa shape index (κ2) is 8.20. The minimum Gasteiger partial charge on any atom is -0.468 e. The molecule has 0 radical (unpaired) electrons. The van der Waals surface area contributed by atoms with Crippen molar-refractivity contribution in [3.63, 3.8) is 0 Å². The number of hydrogen-bond acceptors (Lipinski definition) is 8. The van der Waals surface area contributed by atoms with Gasteiger partial charge < -0.3 is 14.8 Å². The van der Waals surface area contributed by atoms with Crippen molar-refractivity contribution < 1.29 is 23.9 Å². The molecule has 1 aliphatic carbocycles. The van der Waals surface area contributed by atoms with Gasteiger partial charge in [0.1, 0.15) is 5.92 Å². The lowest BCUT2D eigenvalue weighted by Gasteiger charge is -2.38. The number of dihydropyridines is 1. The van der Waals surface area contributed by atoms with Gasteiger partial charge in [0.15, 0.2) is 5.78 Å². The zero-order chi connectivity index (χ0) is 21.4. The zero-order valence-corrected chi connectivity index (χ0v) is 18.4. The van der Waals surface area contributed by atoms with E-state index in [0.29, 0.717) is 23.3 Å². The summed E-state index contributed by atoms with van der Waals surface area (Å²) < 4.78 is 10.0. The maximum absolute atomic E-state index is 13.8. The number of methoxy groups -OCH3 is 2. The van der Waals surface area contributed by atoms with E-state index in [-0.39, 0.29) is 11.7 Å². The van der Waals surface area contributed by atoms with Crippen LogP contribution in [-0.4, -0.2) is 31.9 Å². The molecule has 2 aromatic heterocycles. The zero-order valence-electron chi connectivity index (χ0n) is 16.8. The lowest BCUT2D eigenvalue weighted by atomic mass is 9.69. The van der Waals surface area contributed by atoms with Crippen molar-refractivity contribution >= 4 is 40.4 Å². The Morgan fingerprint density at radius 1 is 1.07 bits per heavy atom. The highest BCUT2D eigenvalue weighted by Crippen LogP contribution is 2.49. The second-order valence-corrected chi connectivity index (χ2v) is 9.15. The molecular weight excluding hydrogens is 422 g/mol. The number of esters is 2. The summed E-state index contributed by atoms with van der Waals surface area (Å²) >= 11 is 2.98. The summed E-state index contributed by atoms with van der Waals surface area (Å²) in [6, 6.07) is 7.62. The maximum atomic E-state index is 13.8. The SMILES string of the molecule is COC(=O)C1=C(C)NC2=C(C(=O)[C@H](C(=O)OC)[C@@H](c3cccs3)C2)[C@H]1c1cccs1. The lowest BCUT2D eigenvalue weighted by Crippen LogP contribution is -2.43. The van der Waals surface area contributed by atoms with Gasteiger partial charge in [-0.25, -0.2) is 4.79 Å². The van der Waals surface area contributed by atoms with E-state index in [2.05, 4.69) is 5.32 Å². The third kappa shape index (κ3) is 3.30. The number of ketones is 1. The summed E-state index contributed by atoms with van der Waals surface area (Å²) in [6.45, 7) is 1.81. The van der Waals surface area contributed by atoms with Crippen LogP contribution in [0.2, 0.25) is 0 Å². The Kier molecular flexibility index (Phi) is 5.62. The highest BCUT2D eigenvalue weighted by atomic mass is 32.1. The molecule has 0 amide bonds. The number of ether oxygens (including phenoxy) is 2.